The van der Waals surface area contributed by atoms with E-state index in [1.807, 2.05) is 0 Å². The highest BCUT2D eigenvalue weighted by Gasteiger charge is 2.43. The molecule has 3 heterocycles. The van der Waals surface area contributed by atoms with Crippen LogP contribution in [-0.4, -0.2) is 47.6 Å². The molecule has 0 unspecified atom stereocenters. The summed E-state index contributed by atoms with van der Waals surface area (Å²) in [6.07, 6.45) is 0. The van der Waals surface area contributed by atoms with Crippen LogP contribution in [0.3, 0.4) is 0 Å². The van der Waals surface area contributed by atoms with Crippen LogP contribution in [0.5, 0.6) is 0 Å². The molecule has 0 aliphatic rings. The molecule has 0 spiro atoms. The summed E-state index contributed by atoms with van der Waals surface area (Å²) in [6.45, 7) is 0. The first kappa shape index (κ1) is 48.3. The zero-order valence-corrected chi connectivity index (χ0v) is 45.7. The van der Waals surface area contributed by atoms with Crippen molar-refractivity contribution >= 4 is 104 Å². The first-order valence-electron chi connectivity index (χ1n) is 26.8. The smallest absolute Gasteiger partial charge is 0.240 e. The maximum absolute atomic E-state index is 5.90. The lowest BCUT2D eigenvalue weighted by Crippen LogP contribution is -2.39. The largest absolute Gasteiger partial charge is 0.278 e. The summed E-state index contributed by atoms with van der Waals surface area (Å²) < 4.78 is 4.49. The molecular weight excluding hydrogens is 995 g/mol. The lowest BCUT2D eigenvalue weighted by molar-refractivity contribution is 0.893. The first-order chi connectivity index (χ1) is 39.0. The van der Waals surface area contributed by atoms with Gasteiger partial charge in [0.1, 0.15) is 23.5 Å². The average molecular weight is 1050 g/mol. The van der Waals surface area contributed by atoms with E-state index in [9.17, 15) is 0 Å². The van der Waals surface area contributed by atoms with Gasteiger partial charge in [0.2, 0.25) is 11.9 Å². The Morgan fingerprint density at radius 3 is 0.734 bits per heavy atom. The molecule has 0 bridgehead atoms. The lowest BCUT2D eigenvalue weighted by atomic mass is 9.75. The molecule has 0 saturated heterocycles. The maximum atomic E-state index is 5.90. The summed E-state index contributed by atoms with van der Waals surface area (Å²) in [5.74, 6) is 1.69. The van der Waals surface area contributed by atoms with E-state index in [1.54, 1.807) is 0 Å². The molecule has 0 amide bonds. The average Bonchev–Trinajstić information content (AvgIpc) is 4.22. The summed E-state index contributed by atoms with van der Waals surface area (Å²) in [5.41, 5.74) is 8.57. The fraction of sp³-hybridized carbons (Fsp3) is 0. The third-order valence-electron chi connectivity index (χ3n) is 15.7. The fourth-order valence-electron chi connectivity index (χ4n) is 12.6. The van der Waals surface area contributed by atoms with Gasteiger partial charge < -0.3 is 0 Å². The van der Waals surface area contributed by atoms with Crippen LogP contribution in [0.4, 0.5) is 0 Å². The Kier molecular flexibility index (Phi) is 12.1. The summed E-state index contributed by atoms with van der Waals surface area (Å²) in [4.78, 5) is 27.4. The molecule has 0 N–H and O–H groups in total. The van der Waals surface area contributed by atoms with Crippen molar-refractivity contribution in [3.05, 3.63) is 279 Å². The molecule has 0 fully saturated rings. The van der Waals surface area contributed by atoms with E-state index in [1.165, 1.54) is 44.6 Å². The van der Waals surface area contributed by atoms with E-state index >= 15 is 0 Å². The van der Waals surface area contributed by atoms with Crippen molar-refractivity contribution in [2.45, 2.75) is 39.2 Å². The van der Waals surface area contributed by atoms with Crippen LogP contribution >= 0.6 is 20.1 Å². The van der Waals surface area contributed by atoms with Crippen LogP contribution in [0.2, 0.25) is 0 Å². The number of rotatable bonds is 11. The molecule has 10 heteroatoms. The Bertz CT molecular complexity index is 3990. The summed E-state index contributed by atoms with van der Waals surface area (Å²) in [6, 6.07) is 102. The third-order valence-corrected chi connectivity index (χ3v) is 24.0. The zero-order valence-electron chi connectivity index (χ0n) is 44.1. The molecule has 11 aromatic carbocycles. The fourth-order valence-corrected chi connectivity index (χ4v) is 21.4. The van der Waals surface area contributed by atoms with Gasteiger partial charge in [-0.1, -0.05) is 198 Å². The molecule has 0 aliphatic heterocycles. The Hall–Kier alpha value is -9.08. The van der Waals surface area contributed by atoms with Gasteiger partial charge in [-0.05, 0) is 107 Å². The Balaban J connectivity index is 1.23. The Labute approximate surface area is 466 Å². The predicted molar refractivity (Wildman–Crippen MR) is 338 cm³/mol. The van der Waals surface area contributed by atoms with Crippen molar-refractivity contribution in [3.8, 4) is 23.3 Å². The SMILES string of the molecule is Bc1c(-c2nc(-n3c4ccccc4c4ccccc43)nc(-n3c4ccccc4c4ccccc43)n2)c(B)c(S(c2ccccc2)(c2ccccc2)c2ccccc2)c(B)c1S(c1ccccc1)(c1ccccc1)c1ccccc1. The van der Waals surface area contributed by atoms with E-state index in [0.29, 0.717) is 17.7 Å². The number of hydrogen-bond acceptors (Lipinski definition) is 3. The van der Waals surface area contributed by atoms with Gasteiger partial charge >= 0.3 is 0 Å². The molecule has 5 nitrogen and oxygen atoms in total. The Morgan fingerprint density at radius 2 is 0.481 bits per heavy atom. The van der Waals surface area contributed by atoms with Crippen molar-refractivity contribution in [2.75, 3.05) is 0 Å². The predicted octanol–water partition coefficient (Wildman–Crippen LogP) is 13.2. The van der Waals surface area contributed by atoms with Crippen molar-refractivity contribution < 1.29 is 0 Å². The van der Waals surface area contributed by atoms with E-state index in [2.05, 4.69) is 312 Å². The zero-order chi connectivity index (χ0) is 53.1. The van der Waals surface area contributed by atoms with E-state index in [4.69, 9.17) is 15.0 Å². The molecule has 14 aromatic rings. The van der Waals surface area contributed by atoms with Gasteiger partial charge in [-0.25, -0.2) is 0 Å². The van der Waals surface area contributed by atoms with E-state index in [0.717, 1.165) is 60.1 Å². The number of aromatic nitrogens is 5. The minimum Gasteiger partial charge on any atom is -0.278 e. The van der Waals surface area contributed by atoms with Gasteiger partial charge in [0.05, 0.1) is 22.1 Å². The number of fused-ring (bicyclic) bond motifs is 6. The van der Waals surface area contributed by atoms with Crippen LogP contribution in [0.25, 0.3) is 66.9 Å². The van der Waals surface area contributed by atoms with Crippen LogP contribution < -0.4 is 16.4 Å². The van der Waals surface area contributed by atoms with Crippen LogP contribution in [-0.2, 0) is 0 Å². The number of benzene rings is 11. The monoisotopic (exact) mass is 1050 g/mol. The van der Waals surface area contributed by atoms with Gasteiger partial charge in [0.25, 0.3) is 0 Å². The molecule has 0 radical (unpaired) electrons. The highest BCUT2D eigenvalue weighted by atomic mass is 32.3. The van der Waals surface area contributed by atoms with Crippen molar-refractivity contribution in [2.24, 2.45) is 0 Å². The van der Waals surface area contributed by atoms with Crippen LogP contribution in [0.1, 0.15) is 0 Å². The normalized spacial score (nSPS) is 12.4. The topological polar surface area (TPSA) is 48.5 Å². The number of hydrogen-bond donors (Lipinski definition) is 0. The highest BCUT2D eigenvalue weighted by Crippen LogP contribution is 2.76. The van der Waals surface area contributed by atoms with Crippen molar-refractivity contribution in [1.82, 2.24) is 24.1 Å². The minimum atomic E-state index is -2.34. The van der Waals surface area contributed by atoms with Crippen molar-refractivity contribution in [3.63, 3.8) is 0 Å². The first-order valence-corrected chi connectivity index (χ1v) is 30.1. The quantitative estimate of drug-likeness (QED) is 0.121. The number of nitrogens with zero attached hydrogens (tertiary/aromatic N) is 5. The molecule has 0 saturated carbocycles. The second-order valence-electron chi connectivity index (χ2n) is 20.0. The molecule has 3 aromatic heterocycles. The van der Waals surface area contributed by atoms with Gasteiger partial charge in [0.15, 0.2) is 5.82 Å². The van der Waals surface area contributed by atoms with E-state index < -0.39 is 20.1 Å². The Morgan fingerprint density at radius 1 is 0.253 bits per heavy atom. The van der Waals surface area contributed by atoms with Gasteiger partial charge in [-0.2, -0.15) is 15.0 Å². The molecule has 374 valence electrons. The molecule has 0 atom stereocenters. The summed E-state index contributed by atoms with van der Waals surface area (Å²) >= 11 is 0. The second-order valence-corrected chi connectivity index (χ2v) is 26.1. The van der Waals surface area contributed by atoms with Gasteiger partial charge in [-0.15, -0.1) is 20.1 Å². The van der Waals surface area contributed by atoms with Crippen LogP contribution in [0.15, 0.2) is 318 Å². The molecular formula is C69H52B3N5S2. The van der Waals surface area contributed by atoms with Crippen molar-refractivity contribution in [1.29, 1.82) is 0 Å². The third kappa shape index (κ3) is 7.50. The molecule has 0 aliphatic carbocycles. The molecule has 14 rings (SSSR count). The molecule has 79 heavy (non-hydrogen) atoms. The number of para-hydroxylation sites is 4. The second kappa shape index (κ2) is 19.7. The lowest BCUT2D eigenvalue weighted by Gasteiger charge is -2.49. The van der Waals surface area contributed by atoms with Gasteiger partial charge in [0, 0.05) is 56.5 Å². The maximum Gasteiger partial charge on any atom is 0.240 e. The standard InChI is InChI=1S/C69H52B3N5S2/c70-62-61(67-73-68(76-57-43-23-19-39-53(57)54-40-20-24-44-58(54)76)75-69(74-67)77-59-45-25-21-41-55(59)56-42-22-26-46-60(56)77)63(71)66(79(50-33-13-4-14-34-50,51-35-15-5-16-36-51)52-37-17-6-18-38-52)64(72)65(62)78(47-27-7-1-8-28-47,48-29-9-2-10-30-48)49-31-11-3-12-32-49/h1-46H,70-72H2. The summed E-state index contributed by atoms with van der Waals surface area (Å²) in [7, 11) is 2.43. The minimum absolute atomic E-state index is 0.544. The van der Waals surface area contributed by atoms with Crippen LogP contribution in [0, 0.1) is 0 Å². The highest BCUT2D eigenvalue weighted by molar-refractivity contribution is 8.35. The summed E-state index contributed by atoms with van der Waals surface area (Å²) in [5, 5.41) is 4.54. The van der Waals surface area contributed by atoms with Gasteiger partial charge in [-0.3, -0.25) is 9.13 Å². The van der Waals surface area contributed by atoms with E-state index in [-0.39, 0.29) is 0 Å².